The van der Waals surface area contributed by atoms with Crippen LogP contribution in [0.25, 0.3) is 0 Å². The summed E-state index contributed by atoms with van der Waals surface area (Å²) < 4.78 is 2.94. The van der Waals surface area contributed by atoms with E-state index < -0.39 is 0 Å². The molecule has 166 valence electrons. The molecule has 2 aliphatic heterocycles. The van der Waals surface area contributed by atoms with Crippen LogP contribution in [0.4, 0.5) is 0 Å². The maximum absolute atomic E-state index is 2.94. The Morgan fingerprint density at radius 2 is 1.00 bits per heavy atom. The van der Waals surface area contributed by atoms with Crippen molar-refractivity contribution in [3.05, 3.63) is 0 Å². The van der Waals surface area contributed by atoms with Gasteiger partial charge >= 0.3 is 0 Å². The van der Waals surface area contributed by atoms with Crippen LogP contribution >= 0.6 is 8.07 Å². The van der Waals surface area contributed by atoms with Gasteiger partial charge in [-0.05, 0) is 114 Å². The predicted molar refractivity (Wildman–Crippen MR) is 128 cm³/mol. The Bertz CT molecular complexity index is 514. The lowest BCUT2D eigenvalue weighted by Crippen LogP contribution is -2.63. The molecule has 28 heavy (non-hydrogen) atoms. The molecule has 0 N–H and O–H groups in total. The van der Waals surface area contributed by atoms with Crippen molar-refractivity contribution < 1.29 is 0 Å². The number of hydrogen-bond donors (Lipinski definition) is 0. The summed E-state index contributed by atoms with van der Waals surface area (Å²) in [5.41, 5.74) is 0.493. The molecule has 0 aromatic carbocycles. The molecule has 0 aromatic rings. The second-order valence-corrected chi connectivity index (χ2v) is 14.7. The standard InChI is InChI=1S/C25H51N2P/c1-17-14-20(4)26(23(7,8)9)21(5)15-18(2)25(17)19(3)16-22(6)27(28(25)13)24(10,11)12/h17-22H,14-16H2,1-13H3. The first-order valence-corrected chi connectivity index (χ1v) is 13.6. The van der Waals surface area contributed by atoms with Gasteiger partial charge in [0.25, 0.3) is 0 Å². The molecule has 2 aliphatic rings. The van der Waals surface area contributed by atoms with Crippen LogP contribution in [-0.4, -0.2) is 50.6 Å². The molecule has 3 heteroatoms. The largest absolute Gasteiger partial charge is 0.293 e. The highest BCUT2D eigenvalue weighted by Gasteiger charge is 2.58. The first-order chi connectivity index (χ1) is 12.6. The minimum atomic E-state index is -0.197. The molecule has 0 bridgehead atoms. The second-order valence-electron chi connectivity index (χ2n) is 12.5. The molecular formula is C25H51N2P. The lowest BCUT2D eigenvalue weighted by Gasteiger charge is -2.65. The Kier molecular flexibility index (Phi) is 7.14. The predicted octanol–water partition coefficient (Wildman–Crippen LogP) is 7.22. The Hall–Kier alpha value is 0.350. The van der Waals surface area contributed by atoms with Crippen molar-refractivity contribution in [2.24, 2.45) is 17.8 Å². The van der Waals surface area contributed by atoms with E-state index in [1.54, 1.807) is 0 Å². The van der Waals surface area contributed by atoms with E-state index in [0.717, 1.165) is 17.8 Å². The van der Waals surface area contributed by atoms with Crippen LogP contribution in [0.15, 0.2) is 0 Å². The Balaban J connectivity index is 2.53. The maximum atomic E-state index is 2.94. The van der Waals surface area contributed by atoms with Crippen molar-refractivity contribution in [1.29, 1.82) is 0 Å². The molecule has 0 aliphatic carbocycles. The van der Waals surface area contributed by atoms with Gasteiger partial charge in [0.1, 0.15) is 0 Å². The molecule has 0 aromatic heterocycles. The summed E-state index contributed by atoms with van der Waals surface area (Å²) in [5.74, 6) is 2.33. The van der Waals surface area contributed by atoms with Crippen LogP contribution in [0.1, 0.15) is 102 Å². The van der Waals surface area contributed by atoms with Crippen molar-refractivity contribution in [2.45, 2.75) is 137 Å². The normalized spacial score (nSPS) is 45.1. The fourth-order valence-corrected chi connectivity index (χ4v) is 12.4. The second kappa shape index (κ2) is 8.12. The highest BCUT2D eigenvalue weighted by Crippen LogP contribution is 2.69. The van der Waals surface area contributed by atoms with Crippen molar-refractivity contribution in [1.82, 2.24) is 9.57 Å². The Morgan fingerprint density at radius 1 is 0.643 bits per heavy atom. The molecule has 1 spiro atoms. The van der Waals surface area contributed by atoms with Crippen LogP contribution < -0.4 is 0 Å². The van der Waals surface area contributed by atoms with Gasteiger partial charge in [-0.25, -0.2) is 0 Å². The summed E-state index contributed by atoms with van der Waals surface area (Å²) in [6.07, 6.45) is 4.01. The van der Waals surface area contributed by atoms with E-state index in [1.165, 1.54) is 19.3 Å². The van der Waals surface area contributed by atoms with E-state index in [-0.39, 0.29) is 19.2 Å². The van der Waals surface area contributed by atoms with Crippen molar-refractivity contribution in [3.63, 3.8) is 0 Å². The van der Waals surface area contributed by atoms with E-state index >= 15 is 0 Å². The summed E-state index contributed by atoms with van der Waals surface area (Å²) in [6, 6.07) is 1.99. The first-order valence-electron chi connectivity index (χ1n) is 11.9. The van der Waals surface area contributed by atoms with E-state index in [0.29, 0.717) is 23.3 Å². The fraction of sp³-hybridized carbons (Fsp3) is 1.00. The van der Waals surface area contributed by atoms with Gasteiger partial charge in [0.05, 0.1) is 0 Å². The van der Waals surface area contributed by atoms with Gasteiger partial charge in [0.15, 0.2) is 0 Å². The molecule has 0 amide bonds. The minimum absolute atomic E-state index is 0.197. The Labute approximate surface area is 179 Å². The third-order valence-corrected chi connectivity index (χ3v) is 12.2. The van der Waals surface area contributed by atoms with Gasteiger partial charge in [0, 0.05) is 34.4 Å². The van der Waals surface area contributed by atoms with Crippen molar-refractivity contribution in [3.8, 4) is 0 Å². The Morgan fingerprint density at radius 3 is 1.32 bits per heavy atom. The quantitative estimate of drug-likeness (QED) is 0.389. The van der Waals surface area contributed by atoms with Gasteiger partial charge < -0.3 is 0 Å². The summed E-state index contributed by atoms with van der Waals surface area (Å²) >= 11 is 0. The fourth-order valence-electron chi connectivity index (χ4n) is 8.19. The van der Waals surface area contributed by atoms with E-state index in [1.807, 2.05) is 0 Å². The third kappa shape index (κ3) is 4.09. The molecule has 7 atom stereocenters. The van der Waals surface area contributed by atoms with Crippen molar-refractivity contribution in [2.75, 3.05) is 6.66 Å². The maximum Gasteiger partial charge on any atom is 0.0164 e. The molecule has 2 rings (SSSR count). The SMILES string of the molecule is CC1CC(C)C2(C(C)CC(C)N1C(C)(C)C)C(C)CC(C)N(C(C)(C)C)P2C. The zero-order chi connectivity index (χ0) is 21.8. The molecule has 2 fully saturated rings. The van der Waals surface area contributed by atoms with Crippen LogP contribution in [0.5, 0.6) is 0 Å². The number of nitrogens with zero attached hydrogens (tertiary/aromatic N) is 2. The van der Waals surface area contributed by atoms with E-state index in [4.69, 9.17) is 0 Å². The lowest BCUT2D eigenvalue weighted by molar-refractivity contribution is -0.0111. The van der Waals surface area contributed by atoms with Crippen LogP contribution in [0.2, 0.25) is 0 Å². The van der Waals surface area contributed by atoms with Crippen LogP contribution in [0, 0.1) is 17.8 Å². The summed E-state index contributed by atoms with van der Waals surface area (Å²) in [4.78, 5) is 2.82. The monoisotopic (exact) mass is 410 g/mol. The molecule has 0 radical (unpaired) electrons. The molecule has 2 saturated heterocycles. The molecule has 7 unspecified atom stereocenters. The van der Waals surface area contributed by atoms with Gasteiger partial charge in [-0.15, -0.1) is 0 Å². The highest BCUT2D eigenvalue weighted by atomic mass is 31.1. The third-order valence-electron chi connectivity index (χ3n) is 8.17. The molecule has 2 nitrogen and oxygen atoms in total. The van der Waals surface area contributed by atoms with E-state index in [9.17, 15) is 0 Å². The lowest BCUT2D eigenvalue weighted by atomic mass is 9.67. The van der Waals surface area contributed by atoms with Crippen LogP contribution in [0.3, 0.4) is 0 Å². The first kappa shape index (κ1) is 24.6. The van der Waals surface area contributed by atoms with E-state index in [2.05, 4.69) is 99.3 Å². The minimum Gasteiger partial charge on any atom is -0.293 e. The summed E-state index contributed by atoms with van der Waals surface area (Å²) in [7, 11) is -0.197. The van der Waals surface area contributed by atoms with Gasteiger partial charge in [-0.2, -0.15) is 0 Å². The molecule has 0 saturated carbocycles. The van der Waals surface area contributed by atoms with Gasteiger partial charge in [-0.3, -0.25) is 9.57 Å². The summed E-state index contributed by atoms with van der Waals surface area (Å²) in [5, 5.41) is 0.460. The van der Waals surface area contributed by atoms with Gasteiger partial charge in [0.2, 0.25) is 0 Å². The smallest absolute Gasteiger partial charge is 0.0164 e. The molecule has 2 heterocycles. The zero-order valence-corrected chi connectivity index (χ0v) is 22.3. The van der Waals surface area contributed by atoms with Crippen molar-refractivity contribution >= 4 is 8.07 Å². The topological polar surface area (TPSA) is 6.48 Å². The summed E-state index contributed by atoms with van der Waals surface area (Å²) in [6.45, 7) is 32.5. The van der Waals surface area contributed by atoms with Gasteiger partial charge in [-0.1, -0.05) is 20.8 Å². The average Bonchev–Trinajstić information content (AvgIpc) is 2.42. The number of likely N-dealkylation sites (tertiary alicyclic amines) is 1. The highest BCUT2D eigenvalue weighted by molar-refractivity contribution is 7.56. The number of hydrogen-bond acceptors (Lipinski definition) is 2. The number of rotatable bonds is 0. The zero-order valence-electron chi connectivity index (χ0n) is 21.4. The molecular weight excluding hydrogens is 359 g/mol. The van der Waals surface area contributed by atoms with Crippen LogP contribution in [-0.2, 0) is 0 Å². The average molecular weight is 411 g/mol.